The van der Waals surface area contributed by atoms with Gasteiger partial charge in [-0.1, -0.05) is 6.92 Å². The summed E-state index contributed by atoms with van der Waals surface area (Å²) < 4.78 is 31.7. The average molecular weight is 295 g/mol. The van der Waals surface area contributed by atoms with Crippen molar-refractivity contribution in [2.24, 2.45) is 5.92 Å². The number of nitrogens with zero attached hydrogens (tertiary/aromatic N) is 1. The maximum atomic E-state index is 11.9. The first-order chi connectivity index (χ1) is 8.44. The Labute approximate surface area is 116 Å². The second-order valence-corrected chi connectivity index (χ2v) is 7.26. The first-order valence-electron chi connectivity index (χ1n) is 6.27. The van der Waals surface area contributed by atoms with Crippen LogP contribution in [0.4, 0.5) is 4.79 Å². The third-order valence-corrected chi connectivity index (χ3v) is 2.70. The van der Waals surface area contributed by atoms with Gasteiger partial charge < -0.3 is 9.64 Å². The number of amides is 1. The number of carbonyl (C=O) groups excluding carboxylic acids is 1. The maximum Gasteiger partial charge on any atom is 0.410 e. The third kappa shape index (κ3) is 9.72. The van der Waals surface area contributed by atoms with Crippen LogP contribution in [-0.2, 0) is 19.0 Å². The molecule has 0 radical (unpaired) electrons. The number of carbonyl (C=O) groups is 1. The lowest BCUT2D eigenvalue weighted by atomic mass is 10.2. The molecular weight excluding hydrogens is 270 g/mol. The van der Waals surface area contributed by atoms with Gasteiger partial charge in [0.1, 0.15) is 5.60 Å². The molecule has 0 saturated carbocycles. The molecule has 19 heavy (non-hydrogen) atoms. The van der Waals surface area contributed by atoms with Crippen LogP contribution in [0.5, 0.6) is 0 Å². The molecule has 0 unspecified atom stereocenters. The fourth-order valence-corrected chi connectivity index (χ4v) is 1.81. The Hall–Kier alpha value is -0.820. The summed E-state index contributed by atoms with van der Waals surface area (Å²) in [5.41, 5.74) is -0.545. The molecule has 0 aliphatic carbocycles. The van der Waals surface area contributed by atoms with E-state index in [0.717, 1.165) is 6.26 Å². The van der Waals surface area contributed by atoms with Crippen LogP contribution >= 0.6 is 0 Å². The van der Waals surface area contributed by atoms with Gasteiger partial charge in [0.05, 0.1) is 12.9 Å². The van der Waals surface area contributed by atoms with Gasteiger partial charge in [0.15, 0.2) is 0 Å². The van der Waals surface area contributed by atoms with Crippen molar-refractivity contribution >= 4 is 16.2 Å². The average Bonchev–Trinajstić information content (AvgIpc) is 2.19. The Morgan fingerprint density at radius 3 is 2.21 bits per heavy atom. The molecule has 7 heteroatoms. The van der Waals surface area contributed by atoms with E-state index >= 15 is 0 Å². The SMILES string of the molecule is CCN(C[C@@H](C)COS(C)(=O)=O)C(=O)OC(C)(C)C. The maximum absolute atomic E-state index is 11.9. The highest BCUT2D eigenvalue weighted by atomic mass is 32.2. The molecule has 0 saturated heterocycles. The second-order valence-electron chi connectivity index (χ2n) is 5.61. The van der Waals surface area contributed by atoms with Gasteiger partial charge >= 0.3 is 6.09 Å². The summed E-state index contributed by atoms with van der Waals surface area (Å²) in [5, 5.41) is 0. The molecule has 0 rings (SSSR count). The first kappa shape index (κ1) is 18.2. The second kappa shape index (κ2) is 7.09. The van der Waals surface area contributed by atoms with Gasteiger partial charge in [-0.3, -0.25) is 4.18 Å². The lowest BCUT2D eigenvalue weighted by Crippen LogP contribution is -2.39. The molecule has 0 bridgehead atoms. The zero-order valence-corrected chi connectivity index (χ0v) is 13.4. The normalized spacial score (nSPS) is 14.0. The highest BCUT2D eigenvalue weighted by Crippen LogP contribution is 2.11. The van der Waals surface area contributed by atoms with E-state index in [9.17, 15) is 13.2 Å². The van der Waals surface area contributed by atoms with Gasteiger partial charge in [0.2, 0.25) is 0 Å². The summed E-state index contributed by atoms with van der Waals surface area (Å²) in [6.07, 6.45) is 0.603. The van der Waals surface area contributed by atoms with Crippen molar-refractivity contribution in [2.45, 2.75) is 40.2 Å². The summed E-state index contributed by atoms with van der Waals surface area (Å²) >= 11 is 0. The minimum atomic E-state index is -3.45. The fourth-order valence-electron chi connectivity index (χ4n) is 1.33. The quantitative estimate of drug-likeness (QED) is 0.699. The van der Waals surface area contributed by atoms with Gasteiger partial charge in [-0.25, -0.2) is 4.79 Å². The van der Waals surface area contributed by atoms with E-state index in [1.54, 1.807) is 20.8 Å². The van der Waals surface area contributed by atoms with Gasteiger partial charge in [-0.15, -0.1) is 0 Å². The van der Waals surface area contributed by atoms with Crippen LogP contribution in [0.25, 0.3) is 0 Å². The van der Waals surface area contributed by atoms with Crippen LogP contribution in [0.3, 0.4) is 0 Å². The predicted octanol–water partition coefficient (Wildman–Crippen LogP) is 1.86. The number of hydrogen-bond acceptors (Lipinski definition) is 5. The first-order valence-corrected chi connectivity index (χ1v) is 8.08. The van der Waals surface area contributed by atoms with Crippen molar-refractivity contribution in [3.63, 3.8) is 0 Å². The van der Waals surface area contributed by atoms with Crippen LogP contribution in [0, 0.1) is 5.92 Å². The van der Waals surface area contributed by atoms with Gasteiger partial charge in [0, 0.05) is 13.1 Å². The van der Waals surface area contributed by atoms with Crippen molar-refractivity contribution < 1.29 is 22.1 Å². The van der Waals surface area contributed by atoms with E-state index in [1.165, 1.54) is 4.90 Å². The van der Waals surface area contributed by atoms with Crippen LogP contribution in [0.1, 0.15) is 34.6 Å². The van der Waals surface area contributed by atoms with Gasteiger partial charge in [0.25, 0.3) is 10.1 Å². The highest BCUT2D eigenvalue weighted by molar-refractivity contribution is 7.85. The van der Waals surface area contributed by atoms with E-state index in [2.05, 4.69) is 0 Å². The van der Waals surface area contributed by atoms with Crippen LogP contribution in [0.15, 0.2) is 0 Å². The summed E-state index contributed by atoms with van der Waals surface area (Å²) in [6, 6.07) is 0. The van der Waals surface area contributed by atoms with Gasteiger partial charge in [-0.2, -0.15) is 8.42 Å². The fraction of sp³-hybridized carbons (Fsp3) is 0.917. The standard InChI is InChI=1S/C12H25NO5S/c1-7-13(11(14)18-12(3,4)5)8-10(2)9-17-19(6,15)16/h10H,7-9H2,1-6H3/t10-/m1/s1. The number of rotatable bonds is 6. The van der Waals surface area contributed by atoms with Crippen LogP contribution in [0.2, 0.25) is 0 Å². The minimum Gasteiger partial charge on any atom is -0.444 e. The lowest BCUT2D eigenvalue weighted by molar-refractivity contribution is 0.0224. The van der Waals surface area contributed by atoms with Crippen molar-refractivity contribution in [2.75, 3.05) is 26.0 Å². The molecule has 0 spiro atoms. The summed E-state index contributed by atoms with van der Waals surface area (Å²) in [5.74, 6) is -0.0952. The zero-order chi connectivity index (χ0) is 15.3. The van der Waals surface area contributed by atoms with Crippen molar-refractivity contribution in [1.29, 1.82) is 0 Å². The largest absolute Gasteiger partial charge is 0.444 e. The summed E-state index contributed by atoms with van der Waals surface area (Å²) in [7, 11) is -3.45. The number of ether oxygens (including phenoxy) is 1. The molecule has 114 valence electrons. The van der Waals surface area contributed by atoms with Gasteiger partial charge in [-0.05, 0) is 33.6 Å². The minimum absolute atomic E-state index is 0.0537. The molecule has 0 aliphatic rings. The Bertz CT molecular complexity index is 385. The van der Waals surface area contributed by atoms with E-state index in [1.807, 2.05) is 13.8 Å². The Kier molecular flexibility index (Phi) is 6.79. The molecule has 0 aliphatic heterocycles. The lowest BCUT2D eigenvalue weighted by Gasteiger charge is -2.28. The molecule has 0 N–H and O–H groups in total. The monoisotopic (exact) mass is 295 g/mol. The van der Waals surface area contributed by atoms with E-state index < -0.39 is 21.8 Å². The zero-order valence-electron chi connectivity index (χ0n) is 12.6. The smallest absolute Gasteiger partial charge is 0.410 e. The van der Waals surface area contributed by atoms with Crippen molar-refractivity contribution in [3.05, 3.63) is 0 Å². The van der Waals surface area contributed by atoms with E-state index in [-0.39, 0.29) is 12.5 Å². The molecule has 0 aromatic heterocycles. The highest BCUT2D eigenvalue weighted by Gasteiger charge is 2.22. The molecular formula is C12H25NO5S. The third-order valence-electron chi connectivity index (χ3n) is 2.13. The van der Waals surface area contributed by atoms with Crippen LogP contribution < -0.4 is 0 Å². The summed E-state index contributed by atoms with van der Waals surface area (Å²) in [4.78, 5) is 13.4. The Morgan fingerprint density at radius 2 is 1.84 bits per heavy atom. The molecule has 0 aromatic rings. The van der Waals surface area contributed by atoms with E-state index in [0.29, 0.717) is 13.1 Å². The van der Waals surface area contributed by atoms with E-state index in [4.69, 9.17) is 8.92 Å². The Balaban J connectivity index is 4.36. The molecule has 0 heterocycles. The molecule has 0 fully saturated rings. The predicted molar refractivity (Wildman–Crippen MR) is 73.4 cm³/mol. The molecule has 6 nitrogen and oxygen atoms in total. The summed E-state index contributed by atoms with van der Waals surface area (Å²) in [6.45, 7) is 10.0. The molecule has 1 atom stereocenters. The van der Waals surface area contributed by atoms with Crippen LogP contribution in [-0.4, -0.2) is 51.0 Å². The Morgan fingerprint density at radius 1 is 1.32 bits per heavy atom. The molecule has 0 aromatic carbocycles. The van der Waals surface area contributed by atoms with Crippen molar-refractivity contribution in [3.8, 4) is 0 Å². The number of hydrogen-bond donors (Lipinski definition) is 0. The van der Waals surface area contributed by atoms with Crippen molar-refractivity contribution in [1.82, 2.24) is 4.90 Å². The topological polar surface area (TPSA) is 72.9 Å². The molecule has 1 amide bonds.